The van der Waals surface area contributed by atoms with Crippen molar-refractivity contribution in [1.82, 2.24) is 5.43 Å². The Hall–Kier alpha value is -0.690. The molecule has 0 saturated carbocycles. The molecule has 1 saturated heterocycles. The van der Waals surface area contributed by atoms with Crippen LogP contribution in [0.5, 0.6) is 0 Å². The van der Waals surface area contributed by atoms with E-state index in [0.29, 0.717) is 30.3 Å². The Morgan fingerprint density at radius 2 is 1.84 bits per heavy atom. The fourth-order valence-corrected chi connectivity index (χ4v) is 3.51. The predicted octanol–water partition coefficient (Wildman–Crippen LogP) is 1.99. The molecule has 3 atom stereocenters. The lowest BCUT2D eigenvalue weighted by molar-refractivity contribution is -0.968. The van der Waals surface area contributed by atoms with E-state index >= 15 is 0 Å². The van der Waals surface area contributed by atoms with Crippen LogP contribution in [-0.4, -0.2) is 65.8 Å². The van der Waals surface area contributed by atoms with Crippen molar-refractivity contribution in [3.05, 3.63) is 0 Å². The molecular formula is C19H39N2O4+. The minimum atomic E-state index is -1.03. The van der Waals surface area contributed by atoms with E-state index in [-0.39, 0.29) is 5.91 Å². The first-order valence-corrected chi connectivity index (χ1v) is 10.0. The monoisotopic (exact) mass is 359 g/mol. The summed E-state index contributed by atoms with van der Waals surface area (Å²) in [6, 6.07) is 0. The van der Waals surface area contributed by atoms with Crippen molar-refractivity contribution in [3.63, 3.8) is 0 Å². The summed E-state index contributed by atoms with van der Waals surface area (Å²) in [4.78, 5) is 12.0. The van der Waals surface area contributed by atoms with Gasteiger partial charge in [0.25, 0.3) is 5.91 Å². The molecule has 1 fully saturated rings. The summed E-state index contributed by atoms with van der Waals surface area (Å²) in [5.41, 5.74) is 2.93. The first-order chi connectivity index (χ1) is 11.9. The molecule has 1 aliphatic rings. The van der Waals surface area contributed by atoms with Crippen LogP contribution >= 0.6 is 0 Å². The Bertz CT molecular complexity index is 370. The Morgan fingerprint density at radius 3 is 2.40 bits per heavy atom. The number of likely N-dealkylation sites (tertiary alicyclic amines) is 1. The molecule has 1 rings (SSSR count). The van der Waals surface area contributed by atoms with Gasteiger partial charge in [-0.15, -0.1) is 0 Å². The number of rotatable bonds is 12. The summed E-state index contributed by atoms with van der Waals surface area (Å²) in [7, 11) is 0. The largest absolute Gasteiger partial charge is 0.385 e. The molecule has 1 heterocycles. The van der Waals surface area contributed by atoms with Gasteiger partial charge >= 0.3 is 0 Å². The molecule has 0 radical (unpaired) electrons. The summed E-state index contributed by atoms with van der Waals surface area (Å²) in [5, 5.41) is 19.9. The van der Waals surface area contributed by atoms with E-state index in [0.717, 1.165) is 38.8 Å². The molecule has 1 amide bonds. The molecule has 6 nitrogen and oxygen atoms in total. The van der Waals surface area contributed by atoms with E-state index in [4.69, 9.17) is 4.74 Å². The molecule has 3 N–H and O–H groups in total. The minimum absolute atomic E-state index is 0.299. The van der Waals surface area contributed by atoms with E-state index in [1.165, 1.54) is 26.2 Å². The van der Waals surface area contributed by atoms with Crippen LogP contribution in [0.2, 0.25) is 0 Å². The van der Waals surface area contributed by atoms with Crippen molar-refractivity contribution in [3.8, 4) is 0 Å². The maximum absolute atomic E-state index is 12.0. The molecule has 25 heavy (non-hydrogen) atoms. The van der Waals surface area contributed by atoms with Crippen LogP contribution < -0.4 is 5.43 Å². The van der Waals surface area contributed by atoms with E-state index < -0.39 is 12.2 Å². The zero-order valence-electron chi connectivity index (χ0n) is 16.4. The molecule has 0 spiro atoms. The molecular weight excluding hydrogens is 320 g/mol. The second-order valence-electron chi connectivity index (χ2n) is 7.60. The van der Waals surface area contributed by atoms with Crippen LogP contribution in [0.4, 0.5) is 0 Å². The number of aliphatic hydroxyl groups excluding tert-OH is 2. The molecule has 1 aliphatic heterocycles. The van der Waals surface area contributed by atoms with Crippen molar-refractivity contribution in [2.24, 2.45) is 5.92 Å². The minimum Gasteiger partial charge on any atom is -0.385 e. The summed E-state index contributed by atoms with van der Waals surface area (Å²) >= 11 is 0. The number of nitrogens with one attached hydrogen (secondary N) is 1. The number of nitrogens with zero attached hydrogens (tertiary/aromatic N) is 1. The maximum atomic E-state index is 12.0. The van der Waals surface area contributed by atoms with Gasteiger partial charge < -0.3 is 14.9 Å². The number of carbonyl (C=O) groups is 1. The van der Waals surface area contributed by atoms with Crippen LogP contribution in [0.3, 0.4) is 0 Å². The summed E-state index contributed by atoms with van der Waals surface area (Å²) in [6.07, 6.45) is 6.22. The normalized spacial score (nSPS) is 20.7. The molecule has 0 aromatic carbocycles. The second kappa shape index (κ2) is 11.8. The number of amides is 1. The first kappa shape index (κ1) is 22.4. The predicted molar refractivity (Wildman–Crippen MR) is 98.7 cm³/mol. The molecule has 148 valence electrons. The van der Waals surface area contributed by atoms with Gasteiger partial charge in [-0.05, 0) is 38.5 Å². The third kappa shape index (κ3) is 8.49. The first-order valence-electron chi connectivity index (χ1n) is 10.0. The average molecular weight is 360 g/mol. The molecule has 0 aromatic heterocycles. The lowest BCUT2D eigenvalue weighted by Gasteiger charge is -2.41. The van der Waals surface area contributed by atoms with Gasteiger partial charge in [0, 0.05) is 6.61 Å². The topological polar surface area (TPSA) is 78.8 Å². The SMILES string of the molecule is CCCCC(CC)COCC(O)C[N+]1(NC(=O)C(C)O)CCCCC1. The molecule has 6 heteroatoms. The number of piperidine rings is 1. The number of carbonyl (C=O) groups excluding carboxylic acids is 1. The second-order valence-corrected chi connectivity index (χ2v) is 7.60. The lowest BCUT2D eigenvalue weighted by atomic mass is 10.0. The lowest BCUT2D eigenvalue weighted by Crippen LogP contribution is -2.66. The van der Waals surface area contributed by atoms with Crippen molar-refractivity contribution in [2.75, 3.05) is 32.8 Å². The van der Waals surface area contributed by atoms with E-state index in [9.17, 15) is 15.0 Å². The van der Waals surface area contributed by atoms with Gasteiger partial charge in [-0.1, -0.05) is 33.1 Å². The number of quaternary nitrogens is 1. The van der Waals surface area contributed by atoms with Crippen LogP contribution in [0.15, 0.2) is 0 Å². The highest BCUT2D eigenvalue weighted by Gasteiger charge is 2.35. The summed E-state index contributed by atoms with van der Waals surface area (Å²) in [5.74, 6) is 0.181. The van der Waals surface area contributed by atoms with Crippen LogP contribution in [0.25, 0.3) is 0 Å². The van der Waals surface area contributed by atoms with Gasteiger partial charge in [0.2, 0.25) is 0 Å². The van der Waals surface area contributed by atoms with E-state index in [1.807, 2.05) is 0 Å². The summed E-state index contributed by atoms with van der Waals surface area (Å²) in [6.45, 7) is 8.86. The van der Waals surface area contributed by atoms with Gasteiger partial charge in [-0.2, -0.15) is 5.43 Å². The quantitative estimate of drug-likeness (QED) is 0.466. The Kier molecular flexibility index (Phi) is 10.6. The highest BCUT2D eigenvalue weighted by Crippen LogP contribution is 2.18. The van der Waals surface area contributed by atoms with Crippen LogP contribution in [0.1, 0.15) is 65.7 Å². The van der Waals surface area contributed by atoms with Gasteiger partial charge in [0.1, 0.15) is 31.8 Å². The fourth-order valence-electron chi connectivity index (χ4n) is 3.51. The van der Waals surface area contributed by atoms with Gasteiger partial charge in [0.15, 0.2) is 0 Å². The van der Waals surface area contributed by atoms with E-state index in [2.05, 4.69) is 19.3 Å². The Labute approximate surface area is 153 Å². The van der Waals surface area contributed by atoms with E-state index in [1.54, 1.807) is 0 Å². The van der Waals surface area contributed by atoms with Crippen LogP contribution in [0, 0.1) is 5.92 Å². The molecule has 0 aliphatic carbocycles. The smallest absolute Gasteiger partial charge is 0.293 e. The van der Waals surface area contributed by atoms with Gasteiger partial charge in [-0.3, -0.25) is 4.79 Å². The number of unbranched alkanes of at least 4 members (excludes halogenated alkanes) is 1. The number of hydrogen-bond donors (Lipinski definition) is 3. The van der Waals surface area contributed by atoms with Crippen molar-refractivity contribution < 1.29 is 24.3 Å². The van der Waals surface area contributed by atoms with Gasteiger partial charge in [-0.25, -0.2) is 4.59 Å². The molecule has 3 unspecified atom stereocenters. The van der Waals surface area contributed by atoms with Crippen molar-refractivity contribution in [1.29, 1.82) is 0 Å². The zero-order valence-corrected chi connectivity index (χ0v) is 16.4. The summed E-state index contributed by atoms with van der Waals surface area (Å²) < 4.78 is 6.11. The average Bonchev–Trinajstić information content (AvgIpc) is 2.58. The third-order valence-electron chi connectivity index (χ3n) is 5.17. The standard InChI is InChI=1S/C19H38N2O4/c1-4-6-10-17(5-2)14-25-15-18(23)13-21(11-8-7-9-12-21)20-19(24)16(3)22/h16-18,22-23H,4-15H2,1-3H3/p+1. The Morgan fingerprint density at radius 1 is 1.16 bits per heavy atom. The fraction of sp³-hybridized carbons (Fsp3) is 0.947. The zero-order chi connectivity index (χ0) is 18.7. The van der Waals surface area contributed by atoms with Crippen molar-refractivity contribution >= 4 is 5.91 Å². The number of aliphatic hydroxyl groups is 2. The van der Waals surface area contributed by atoms with Crippen LogP contribution in [-0.2, 0) is 9.53 Å². The highest BCUT2D eigenvalue weighted by molar-refractivity contribution is 5.78. The van der Waals surface area contributed by atoms with Gasteiger partial charge in [0.05, 0.1) is 6.61 Å². The number of hydrogen-bond acceptors (Lipinski definition) is 4. The molecule has 0 bridgehead atoms. The van der Waals surface area contributed by atoms with Crippen molar-refractivity contribution in [2.45, 2.75) is 77.9 Å². The number of ether oxygens (including phenoxy) is 1. The molecule has 0 aromatic rings. The Balaban J connectivity index is 2.46. The highest BCUT2D eigenvalue weighted by atomic mass is 16.5. The third-order valence-corrected chi connectivity index (χ3v) is 5.17. The maximum Gasteiger partial charge on any atom is 0.293 e.